The smallest absolute Gasteiger partial charge is 0.146 e. The second-order valence-electron chi connectivity index (χ2n) is 4.46. The number of nitrogens with two attached hydrogens (primary N) is 1. The molecule has 88 valence electrons. The lowest BCUT2D eigenvalue weighted by Gasteiger charge is -2.39. The molecule has 3 N–H and O–H groups in total. The number of nitrogens with zero attached hydrogens (tertiary/aromatic N) is 1. The fourth-order valence-corrected chi connectivity index (χ4v) is 2.06. The van der Waals surface area contributed by atoms with Crippen molar-refractivity contribution in [3.8, 4) is 0 Å². The topological polar surface area (TPSA) is 49.5 Å². The van der Waals surface area contributed by atoms with E-state index in [1.807, 2.05) is 11.0 Å². The average molecular weight is 224 g/mol. The third kappa shape index (κ3) is 2.18. The van der Waals surface area contributed by atoms with Gasteiger partial charge in [0.05, 0.1) is 12.3 Å². The average Bonchev–Trinajstić information content (AvgIpc) is 2.31. The van der Waals surface area contributed by atoms with Crippen LogP contribution in [0.3, 0.4) is 0 Å². The van der Waals surface area contributed by atoms with Crippen molar-refractivity contribution in [2.24, 2.45) is 5.73 Å². The van der Waals surface area contributed by atoms with Crippen LogP contribution in [-0.4, -0.2) is 30.3 Å². The van der Waals surface area contributed by atoms with Crippen LogP contribution in [0.4, 0.5) is 10.1 Å². The van der Waals surface area contributed by atoms with E-state index in [1.54, 1.807) is 12.1 Å². The Hall–Kier alpha value is -1.13. The van der Waals surface area contributed by atoms with Crippen LogP contribution in [0.2, 0.25) is 0 Å². The van der Waals surface area contributed by atoms with Gasteiger partial charge in [-0.25, -0.2) is 4.39 Å². The van der Waals surface area contributed by atoms with E-state index in [0.717, 1.165) is 0 Å². The van der Waals surface area contributed by atoms with E-state index in [-0.39, 0.29) is 12.4 Å². The summed E-state index contributed by atoms with van der Waals surface area (Å²) in [6.07, 6.45) is 1.38. The molecular weight excluding hydrogens is 207 g/mol. The number of benzene rings is 1. The van der Waals surface area contributed by atoms with Gasteiger partial charge >= 0.3 is 0 Å². The highest BCUT2D eigenvalue weighted by Crippen LogP contribution is 2.26. The number of piperidine rings is 1. The number of para-hydroxylation sites is 1. The lowest BCUT2D eigenvalue weighted by molar-refractivity contribution is 0.170. The predicted molar refractivity (Wildman–Crippen MR) is 61.9 cm³/mol. The molecule has 0 spiro atoms. The molecule has 0 saturated carbocycles. The van der Waals surface area contributed by atoms with Gasteiger partial charge in [-0.3, -0.25) is 0 Å². The van der Waals surface area contributed by atoms with Gasteiger partial charge in [-0.15, -0.1) is 0 Å². The highest BCUT2D eigenvalue weighted by atomic mass is 19.1. The van der Waals surface area contributed by atoms with Crippen LogP contribution < -0.4 is 10.6 Å². The van der Waals surface area contributed by atoms with Gasteiger partial charge in [-0.05, 0) is 25.0 Å². The number of hydrogen-bond acceptors (Lipinski definition) is 3. The number of aliphatic hydroxyl groups is 1. The lowest BCUT2D eigenvalue weighted by atomic mass is 9.89. The molecule has 1 aromatic rings. The van der Waals surface area contributed by atoms with Crippen LogP contribution in [0.15, 0.2) is 24.3 Å². The van der Waals surface area contributed by atoms with E-state index in [9.17, 15) is 4.39 Å². The van der Waals surface area contributed by atoms with Gasteiger partial charge in [0.2, 0.25) is 0 Å². The molecule has 0 radical (unpaired) electrons. The molecule has 1 saturated heterocycles. The second kappa shape index (κ2) is 4.39. The monoisotopic (exact) mass is 224 g/mol. The molecule has 0 bridgehead atoms. The second-order valence-corrected chi connectivity index (χ2v) is 4.46. The third-order valence-corrected chi connectivity index (χ3v) is 3.27. The predicted octanol–water partition coefficient (Wildman–Crippen LogP) is 1.12. The zero-order valence-electron chi connectivity index (χ0n) is 9.19. The van der Waals surface area contributed by atoms with Gasteiger partial charge in [0.25, 0.3) is 0 Å². The van der Waals surface area contributed by atoms with Crippen molar-refractivity contribution >= 4 is 5.69 Å². The van der Waals surface area contributed by atoms with Crippen LogP contribution in [0.1, 0.15) is 12.8 Å². The minimum absolute atomic E-state index is 0.00187. The molecule has 1 aliphatic heterocycles. The Bertz CT molecular complexity index is 362. The van der Waals surface area contributed by atoms with Crippen LogP contribution in [0, 0.1) is 5.82 Å². The summed E-state index contributed by atoms with van der Waals surface area (Å²) in [7, 11) is 0. The largest absolute Gasteiger partial charge is 0.394 e. The van der Waals surface area contributed by atoms with E-state index >= 15 is 0 Å². The molecule has 16 heavy (non-hydrogen) atoms. The van der Waals surface area contributed by atoms with Crippen LogP contribution >= 0.6 is 0 Å². The van der Waals surface area contributed by atoms with Gasteiger partial charge in [-0.1, -0.05) is 12.1 Å². The Morgan fingerprint density at radius 3 is 2.50 bits per heavy atom. The normalized spacial score (nSPS) is 19.8. The fourth-order valence-electron chi connectivity index (χ4n) is 2.06. The SMILES string of the molecule is NC1(CO)CCN(c2ccccc2F)CC1. The van der Waals surface area contributed by atoms with Gasteiger partial charge in [0.15, 0.2) is 0 Å². The number of aliphatic hydroxyl groups excluding tert-OH is 1. The Kier molecular flexibility index (Phi) is 3.12. The first kappa shape index (κ1) is 11.4. The summed E-state index contributed by atoms with van der Waals surface area (Å²) in [5, 5.41) is 9.14. The quantitative estimate of drug-likeness (QED) is 0.791. The summed E-state index contributed by atoms with van der Waals surface area (Å²) < 4.78 is 13.5. The zero-order valence-corrected chi connectivity index (χ0v) is 9.19. The van der Waals surface area contributed by atoms with Crippen LogP contribution in [-0.2, 0) is 0 Å². The van der Waals surface area contributed by atoms with E-state index in [0.29, 0.717) is 31.6 Å². The Morgan fingerprint density at radius 2 is 1.94 bits per heavy atom. The molecule has 0 atom stereocenters. The first-order chi connectivity index (χ1) is 7.64. The van der Waals surface area contributed by atoms with Gasteiger partial charge in [-0.2, -0.15) is 0 Å². The van der Waals surface area contributed by atoms with Gasteiger partial charge in [0, 0.05) is 18.6 Å². The molecule has 1 aliphatic rings. The molecule has 1 fully saturated rings. The molecule has 3 nitrogen and oxygen atoms in total. The number of hydrogen-bond donors (Lipinski definition) is 2. The summed E-state index contributed by atoms with van der Waals surface area (Å²) in [6, 6.07) is 6.75. The fraction of sp³-hybridized carbons (Fsp3) is 0.500. The summed E-state index contributed by atoms with van der Waals surface area (Å²) in [4.78, 5) is 1.98. The summed E-state index contributed by atoms with van der Waals surface area (Å²) >= 11 is 0. The minimum atomic E-state index is -0.484. The van der Waals surface area contributed by atoms with Gasteiger partial charge < -0.3 is 15.7 Å². The maximum absolute atomic E-state index is 13.5. The molecule has 1 aromatic carbocycles. The molecule has 0 aromatic heterocycles. The molecule has 0 aliphatic carbocycles. The first-order valence-corrected chi connectivity index (χ1v) is 5.54. The van der Waals surface area contributed by atoms with Gasteiger partial charge in [0.1, 0.15) is 5.82 Å². The maximum Gasteiger partial charge on any atom is 0.146 e. The highest BCUT2D eigenvalue weighted by Gasteiger charge is 2.30. The van der Waals surface area contributed by atoms with Crippen LogP contribution in [0.25, 0.3) is 0 Å². The number of halogens is 1. The van der Waals surface area contributed by atoms with Crippen molar-refractivity contribution in [1.29, 1.82) is 0 Å². The van der Waals surface area contributed by atoms with E-state index in [2.05, 4.69) is 0 Å². The van der Waals surface area contributed by atoms with Crippen molar-refractivity contribution in [1.82, 2.24) is 0 Å². The molecular formula is C12H17FN2O. The maximum atomic E-state index is 13.5. The summed E-state index contributed by atoms with van der Waals surface area (Å²) in [5.41, 5.74) is 6.11. The molecule has 4 heteroatoms. The highest BCUT2D eigenvalue weighted by molar-refractivity contribution is 5.48. The molecule has 1 heterocycles. The zero-order chi connectivity index (χ0) is 11.6. The van der Waals surface area contributed by atoms with Crippen molar-refractivity contribution in [2.45, 2.75) is 18.4 Å². The Labute approximate surface area is 94.7 Å². The van der Waals surface area contributed by atoms with Crippen molar-refractivity contribution < 1.29 is 9.50 Å². The number of anilines is 1. The third-order valence-electron chi connectivity index (χ3n) is 3.27. The van der Waals surface area contributed by atoms with Crippen molar-refractivity contribution in [3.63, 3.8) is 0 Å². The van der Waals surface area contributed by atoms with E-state index in [1.165, 1.54) is 6.07 Å². The van der Waals surface area contributed by atoms with E-state index in [4.69, 9.17) is 10.8 Å². The van der Waals surface area contributed by atoms with Crippen molar-refractivity contribution in [2.75, 3.05) is 24.6 Å². The molecule has 0 amide bonds. The lowest BCUT2D eigenvalue weighted by Crippen LogP contribution is -2.53. The van der Waals surface area contributed by atoms with E-state index < -0.39 is 5.54 Å². The van der Waals surface area contributed by atoms with Crippen molar-refractivity contribution in [3.05, 3.63) is 30.1 Å². The molecule has 0 unspecified atom stereocenters. The number of rotatable bonds is 2. The standard InChI is InChI=1S/C12H17FN2O/c13-10-3-1-2-4-11(10)15-7-5-12(14,9-16)6-8-15/h1-4,16H,5-9,14H2. The Balaban J connectivity index is 2.07. The molecule has 2 rings (SSSR count). The minimum Gasteiger partial charge on any atom is -0.394 e. The Morgan fingerprint density at radius 1 is 1.31 bits per heavy atom. The van der Waals surface area contributed by atoms with Crippen LogP contribution in [0.5, 0.6) is 0 Å². The summed E-state index contributed by atoms with van der Waals surface area (Å²) in [6.45, 7) is 1.38. The summed E-state index contributed by atoms with van der Waals surface area (Å²) in [5.74, 6) is -0.198. The first-order valence-electron chi connectivity index (χ1n) is 5.54.